The molecule has 0 aromatic carbocycles. The Morgan fingerprint density at radius 1 is 1.53 bits per heavy atom. The highest BCUT2D eigenvalue weighted by molar-refractivity contribution is 5.50. The maximum absolute atomic E-state index is 5.71. The normalized spacial score (nSPS) is 14.9. The molecule has 0 bridgehead atoms. The van der Waals surface area contributed by atoms with Gasteiger partial charge in [-0.2, -0.15) is 0 Å². The SMILES string of the molecule is CN(CCOCC1CC1)c1cnccc1CN. The van der Waals surface area contributed by atoms with Gasteiger partial charge in [0.2, 0.25) is 0 Å². The first-order valence-corrected chi connectivity index (χ1v) is 6.23. The van der Waals surface area contributed by atoms with Crippen molar-refractivity contribution in [3.05, 3.63) is 24.0 Å². The Morgan fingerprint density at radius 3 is 3.06 bits per heavy atom. The van der Waals surface area contributed by atoms with Gasteiger partial charge in [-0.05, 0) is 30.4 Å². The molecule has 1 saturated carbocycles. The average molecular weight is 235 g/mol. The molecule has 1 aromatic heterocycles. The quantitative estimate of drug-likeness (QED) is 0.726. The van der Waals surface area contributed by atoms with Gasteiger partial charge in [0.25, 0.3) is 0 Å². The predicted molar refractivity (Wildman–Crippen MR) is 68.9 cm³/mol. The molecule has 0 radical (unpaired) electrons. The minimum atomic E-state index is 0.547. The maximum atomic E-state index is 5.71. The third kappa shape index (κ3) is 3.68. The second-order valence-corrected chi connectivity index (χ2v) is 4.65. The van der Waals surface area contributed by atoms with Crippen LogP contribution in [0.5, 0.6) is 0 Å². The summed E-state index contributed by atoms with van der Waals surface area (Å²) < 4.78 is 5.63. The molecule has 0 spiro atoms. The highest BCUT2D eigenvalue weighted by atomic mass is 16.5. The van der Waals surface area contributed by atoms with Crippen LogP contribution in [0.15, 0.2) is 18.5 Å². The number of anilines is 1. The van der Waals surface area contributed by atoms with Gasteiger partial charge in [0.15, 0.2) is 0 Å². The molecule has 17 heavy (non-hydrogen) atoms. The number of rotatable bonds is 7. The van der Waals surface area contributed by atoms with Crippen LogP contribution in [0.3, 0.4) is 0 Å². The molecule has 1 aliphatic carbocycles. The van der Waals surface area contributed by atoms with E-state index in [1.54, 1.807) is 6.20 Å². The molecular weight excluding hydrogens is 214 g/mol. The van der Waals surface area contributed by atoms with Crippen LogP contribution >= 0.6 is 0 Å². The van der Waals surface area contributed by atoms with Crippen LogP contribution in [0.4, 0.5) is 5.69 Å². The fraction of sp³-hybridized carbons (Fsp3) is 0.615. The lowest BCUT2D eigenvalue weighted by Crippen LogP contribution is -2.24. The monoisotopic (exact) mass is 235 g/mol. The summed E-state index contributed by atoms with van der Waals surface area (Å²) in [5, 5.41) is 0. The molecule has 1 aromatic rings. The van der Waals surface area contributed by atoms with Crippen molar-refractivity contribution in [3.63, 3.8) is 0 Å². The summed E-state index contributed by atoms with van der Waals surface area (Å²) in [7, 11) is 2.05. The third-order valence-corrected chi connectivity index (χ3v) is 3.14. The van der Waals surface area contributed by atoms with E-state index in [0.29, 0.717) is 6.54 Å². The van der Waals surface area contributed by atoms with Crippen LogP contribution in [0.25, 0.3) is 0 Å². The summed E-state index contributed by atoms with van der Waals surface area (Å²) in [6.07, 6.45) is 6.33. The Balaban J connectivity index is 1.78. The predicted octanol–water partition coefficient (Wildman–Crippen LogP) is 1.40. The summed E-state index contributed by atoms with van der Waals surface area (Å²) >= 11 is 0. The Morgan fingerprint density at radius 2 is 2.35 bits per heavy atom. The second kappa shape index (κ2) is 5.98. The van der Waals surface area contributed by atoms with Crippen LogP contribution in [-0.2, 0) is 11.3 Å². The molecule has 1 fully saturated rings. The standard InChI is InChI=1S/C13H21N3O/c1-16(6-7-17-10-11-2-3-11)13-9-15-5-4-12(13)8-14/h4-5,9,11H,2-3,6-8,10,14H2,1H3. The number of nitrogens with two attached hydrogens (primary N) is 1. The van der Waals surface area contributed by atoms with Gasteiger partial charge in [0.05, 0.1) is 18.5 Å². The molecule has 1 aliphatic rings. The van der Waals surface area contributed by atoms with Crippen molar-refractivity contribution in [3.8, 4) is 0 Å². The van der Waals surface area contributed by atoms with E-state index in [4.69, 9.17) is 10.5 Å². The Bertz CT molecular complexity index is 352. The van der Waals surface area contributed by atoms with E-state index in [1.807, 2.05) is 12.3 Å². The molecule has 0 unspecified atom stereocenters. The highest BCUT2D eigenvalue weighted by Gasteiger charge is 2.21. The number of hydrogen-bond acceptors (Lipinski definition) is 4. The number of pyridine rings is 1. The van der Waals surface area contributed by atoms with Crippen molar-refractivity contribution in [2.75, 3.05) is 31.7 Å². The molecule has 94 valence electrons. The zero-order valence-corrected chi connectivity index (χ0v) is 10.4. The minimum absolute atomic E-state index is 0.547. The van der Waals surface area contributed by atoms with Gasteiger partial charge in [0, 0.05) is 32.9 Å². The fourth-order valence-corrected chi connectivity index (χ4v) is 1.79. The summed E-state index contributed by atoms with van der Waals surface area (Å²) in [5.74, 6) is 0.832. The minimum Gasteiger partial charge on any atom is -0.379 e. The van der Waals surface area contributed by atoms with Crippen LogP contribution < -0.4 is 10.6 Å². The number of ether oxygens (including phenoxy) is 1. The zero-order chi connectivity index (χ0) is 12.1. The molecule has 0 atom stereocenters. The van der Waals surface area contributed by atoms with E-state index in [2.05, 4.69) is 16.9 Å². The molecule has 4 nitrogen and oxygen atoms in total. The van der Waals surface area contributed by atoms with Crippen molar-refractivity contribution in [1.29, 1.82) is 0 Å². The van der Waals surface area contributed by atoms with E-state index in [-0.39, 0.29) is 0 Å². The summed E-state index contributed by atoms with van der Waals surface area (Å²) in [6.45, 7) is 3.12. The number of likely N-dealkylation sites (N-methyl/N-ethyl adjacent to an activating group) is 1. The van der Waals surface area contributed by atoms with Gasteiger partial charge in [-0.15, -0.1) is 0 Å². The number of aromatic nitrogens is 1. The fourth-order valence-electron chi connectivity index (χ4n) is 1.79. The Hall–Kier alpha value is -1.13. The first-order valence-electron chi connectivity index (χ1n) is 6.23. The summed E-state index contributed by atoms with van der Waals surface area (Å²) in [5.41, 5.74) is 7.94. The van der Waals surface area contributed by atoms with E-state index in [9.17, 15) is 0 Å². The lowest BCUT2D eigenvalue weighted by Gasteiger charge is -2.21. The van der Waals surface area contributed by atoms with Gasteiger partial charge < -0.3 is 15.4 Å². The van der Waals surface area contributed by atoms with E-state index in [1.165, 1.54) is 12.8 Å². The van der Waals surface area contributed by atoms with Crippen LogP contribution in [-0.4, -0.2) is 31.8 Å². The van der Waals surface area contributed by atoms with Crippen LogP contribution in [0, 0.1) is 5.92 Å². The van der Waals surface area contributed by atoms with Crippen molar-refractivity contribution >= 4 is 5.69 Å². The largest absolute Gasteiger partial charge is 0.379 e. The van der Waals surface area contributed by atoms with Gasteiger partial charge in [-0.25, -0.2) is 0 Å². The molecule has 4 heteroatoms. The molecule has 0 saturated heterocycles. The third-order valence-electron chi connectivity index (χ3n) is 3.14. The molecular formula is C13H21N3O. The van der Waals surface area contributed by atoms with Crippen molar-refractivity contribution < 1.29 is 4.74 Å². The smallest absolute Gasteiger partial charge is 0.0641 e. The first-order chi connectivity index (χ1) is 8.31. The maximum Gasteiger partial charge on any atom is 0.0641 e. The average Bonchev–Trinajstić information content (AvgIpc) is 3.18. The van der Waals surface area contributed by atoms with E-state index in [0.717, 1.165) is 36.9 Å². The van der Waals surface area contributed by atoms with Gasteiger partial charge in [0.1, 0.15) is 0 Å². The molecule has 0 amide bonds. The summed E-state index contributed by atoms with van der Waals surface area (Å²) in [4.78, 5) is 6.30. The second-order valence-electron chi connectivity index (χ2n) is 4.65. The number of nitrogens with zero attached hydrogens (tertiary/aromatic N) is 2. The van der Waals surface area contributed by atoms with Crippen LogP contribution in [0.2, 0.25) is 0 Å². The molecule has 0 aliphatic heterocycles. The highest BCUT2D eigenvalue weighted by Crippen LogP contribution is 2.28. The Kier molecular flexibility index (Phi) is 4.34. The summed E-state index contributed by atoms with van der Waals surface area (Å²) in [6, 6.07) is 1.97. The topological polar surface area (TPSA) is 51.4 Å². The van der Waals surface area contributed by atoms with Gasteiger partial charge in [-0.1, -0.05) is 0 Å². The lowest BCUT2D eigenvalue weighted by molar-refractivity contribution is 0.131. The van der Waals surface area contributed by atoms with Crippen molar-refractivity contribution in [2.45, 2.75) is 19.4 Å². The zero-order valence-electron chi connectivity index (χ0n) is 10.4. The molecule has 2 N–H and O–H groups in total. The van der Waals surface area contributed by atoms with Crippen molar-refractivity contribution in [1.82, 2.24) is 4.98 Å². The van der Waals surface area contributed by atoms with Gasteiger partial charge in [-0.3, -0.25) is 4.98 Å². The molecule has 1 heterocycles. The van der Waals surface area contributed by atoms with E-state index >= 15 is 0 Å². The van der Waals surface area contributed by atoms with E-state index < -0.39 is 0 Å². The molecule has 2 rings (SSSR count). The van der Waals surface area contributed by atoms with Crippen molar-refractivity contribution in [2.24, 2.45) is 11.7 Å². The lowest BCUT2D eigenvalue weighted by atomic mass is 10.2. The van der Waals surface area contributed by atoms with Crippen LogP contribution in [0.1, 0.15) is 18.4 Å². The van der Waals surface area contributed by atoms with Gasteiger partial charge >= 0.3 is 0 Å². The number of hydrogen-bond donors (Lipinski definition) is 1. The Labute approximate surface area is 103 Å². The first kappa shape index (κ1) is 12.3.